The molecule has 4 nitrogen and oxygen atoms in total. The van der Waals surface area contributed by atoms with Crippen LogP contribution in [0, 0.1) is 0 Å². The van der Waals surface area contributed by atoms with Crippen LogP contribution in [0.4, 0.5) is 0 Å². The SMILES string of the molecule is C[N+](C)(CCCO)Cc1ccccc1C[N+](C)(C)CCCO. The Morgan fingerprint density at radius 1 is 0.727 bits per heavy atom. The zero-order valence-corrected chi connectivity index (χ0v) is 14.8. The summed E-state index contributed by atoms with van der Waals surface area (Å²) in [5.41, 5.74) is 2.78. The monoisotopic (exact) mass is 310 g/mol. The predicted octanol–water partition coefficient (Wildman–Crippen LogP) is 1.60. The van der Waals surface area contributed by atoms with E-state index < -0.39 is 0 Å². The fourth-order valence-electron chi connectivity index (χ4n) is 2.94. The zero-order valence-electron chi connectivity index (χ0n) is 14.8. The van der Waals surface area contributed by atoms with Gasteiger partial charge in [-0.1, -0.05) is 24.3 Å². The van der Waals surface area contributed by atoms with Crippen LogP contribution in [0.15, 0.2) is 24.3 Å². The van der Waals surface area contributed by atoms with E-state index in [4.69, 9.17) is 10.2 Å². The zero-order chi connectivity index (χ0) is 16.6. The number of quaternary nitrogens is 2. The molecule has 0 fully saturated rings. The van der Waals surface area contributed by atoms with E-state index in [0.29, 0.717) is 0 Å². The molecule has 0 spiro atoms. The lowest BCUT2D eigenvalue weighted by molar-refractivity contribution is -0.907. The highest BCUT2D eigenvalue weighted by Gasteiger charge is 2.21. The Bertz CT molecular complexity index is 403. The minimum absolute atomic E-state index is 0.258. The molecule has 1 aromatic carbocycles. The smallest absolute Gasteiger partial charge is 0.104 e. The molecule has 22 heavy (non-hydrogen) atoms. The molecule has 4 heteroatoms. The highest BCUT2D eigenvalue weighted by atomic mass is 16.3. The summed E-state index contributed by atoms with van der Waals surface area (Å²) in [7, 11) is 8.88. The van der Waals surface area contributed by atoms with Crippen molar-refractivity contribution in [2.24, 2.45) is 0 Å². The molecule has 0 atom stereocenters. The van der Waals surface area contributed by atoms with E-state index in [2.05, 4.69) is 52.5 Å². The van der Waals surface area contributed by atoms with Crippen LogP contribution in [-0.2, 0) is 13.1 Å². The number of rotatable bonds is 10. The second kappa shape index (κ2) is 8.63. The highest BCUT2D eigenvalue weighted by Crippen LogP contribution is 2.19. The summed E-state index contributed by atoms with van der Waals surface area (Å²) in [6.45, 7) is 4.44. The van der Waals surface area contributed by atoms with Crippen LogP contribution in [-0.4, -0.2) is 73.7 Å². The van der Waals surface area contributed by atoms with Crippen molar-refractivity contribution < 1.29 is 19.2 Å². The van der Waals surface area contributed by atoms with Crippen molar-refractivity contribution in [3.05, 3.63) is 35.4 Å². The molecule has 0 bridgehead atoms. The Balaban J connectivity index is 2.81. The Kier molecular flexibility index (Phi) is 7.49. The molecule has 0 saturated carbocycles. The third kappa shape index (κ3) is 6.88. The van der Waals surface area contributed by atoms with Crippen LogP contribution in [0.1, 0.15) is 24.0 Å². The predicted molar refractivity (Wildman–Crippen MR) is 91.2 cm³/mol. The molecule has 0 aliphatic heterocycles. The van der Waals surface area contributed by atoms with Crippen molar-refractivity contribution in [1.29, 1.82) is 0 Å². The van der Waals surface area contributed by atoms with Gasteiger partial charge in [0, 0.05) is 37.2 Å². The molecule has 2 N–H and O–H groups in total. The Hall–Kier alpha value is -0.940. The van der Waals surface area contributed by atoms with E-state index in [1.807, 2.05) is 0 Å². The molecule has 0 aliphatic rings. The first-order valence-corrected chi connectivity index (χ1v) is 8.22. The van der Waals surface area contributed by atoms with Crippen molar-refractivity contribution >= 4 is 0 Å². The van der Waals surface area contributed by atoms with E-state index >= 15 is 0 Å². The van der Waals surface area contributed by atoms with Gasteiger partial charge in [0.15, 0.2) is 0 Å². The van der Waals surface area contributed by atoms with Gasteiger partial charge in [-0.3, -0.25) is 0 Å². The molecule has 0 saturated heterocycles. The first kappa shape index (κ1) is 19.1. The number of aliphatic hydroxyl groups excluding tert-OH is 2. The normalized spacial score (nSPS) is 12.6. The van der Waals surface area contributed by atoms with Crippen molar-refractivity contribution in [3.63, 3.8) is 0 Å². The fraction of sp³-hybridized carbons (Fsp3) is 0.667. The Morgan fingerprint density at radius 2 is 1.09 bits per heavy atom. The van der Waals surface area contributed by atoms with Gasteiger partial charge < -0.3 is 19.2 Å². The van der Waals surface area contributed by atoms with Crippen LogP contribution >= 0.6 is 0 Å². The largest absolute Gasteiger partial charge is 0.396 e. The van der Waals surface area contributed by atoms with E-state index in [1.165, 1.54) is 11.1 Å². The van der Waals surface area contributed by atoms with Crippen LogP contribution in [0.25, 0.3) is 0 Å². The number of aliphatic hydroxyl groups is 2. The summed E-state index contributed by atoms with van der Waals surface area (Å²) in [5.74, 6) is 0. The number of hydrogen-bond acceptors (Lipinski definition) is 2. The van der Waals surface area contributed by atoms with Gasteiger partial charge >= 0.3 is 0 Å². The van der Waals surface area contributed by atoms with Crippen LogP contribution in [0.5, 0.6) is 0 Å². The Labute approximate surface area is 135 Å². The average molecular weight is 310 g/mol. The lowest BCUT2D eigenvalue weighted by atomic mass is 10.0. The second-order valence-corrected chi connectivity index (χ2v) is 7.56. The number of hydrogen-bond donors (Lipinski definition) is 2. The maximum Gasteiger partial charge on any atom is 0.104 e. The summed E-state index contributed by atoms with van der Waals surface area (Å²) >= 11 is 0. The molecule has 0 aliphatic carbocycles. The average Bonchev–Trinajstić information content (AvgIpc) is 2.45. The first-order valence-electron chi connectivity index (χ1n) is 8.22. The Morgan fingerprint density at radius 3 is 1.41 bits per heavy atom. The van der Waals surface area contributed by atoms with Gasteiger partial charge in [-0.15, -0.1) is 0 Å². The van der Waals surface area contributed by atoms with Gasteiger partial charge in [0.1, 0.15) is 13.1 Å². The van der Waals surface area contributed by atoms with Gasteiger partial charge in [0.25, 0.3) is 0 Å². The summed E-state index contributed by atoms with van der Waals surface area (Å²) in [6.07, 6.45) is 1.68. The summed E-state index contributed by atoms with van der Waals surface area (Å²) in [6, 6.07) is 8.66. The summed E-state index contributed by atoms with van der Waals surface area (Å²) in [5, 5.41) is 18.1. The van der Waals surface area contributed by atoms with Gasteiger partial charge in [-0.25, -0.2) is 0 Å². The van der Waals surface area contributed by atoms with Crippen molar-refractivity contribution in [2.75, 3.05) is 54.5 Å². The second-order valence-electron chi connectivity index (χ2n) is 7.56. The van der Waals surface area contributed by atoms with Crippen LogP contribution in [0.2, 0.25) is 0 Å². The van der Waals surface area contributed by atoms with E-state index in [-0.39, 0.29) is 13.2 Å². The third-order valence-corrected chi connectivity index (χ3v) is 4.16. The lowest BCUT2D eigenvalue weighted by Gasteiger charge is -2.33. The topological polar surface area (TPSA) is 40.5 Å². The maximum absolute atomic E-state index is 9.05. The summed E-state index contributed by atoms with van der Waals surface area (Å²) in [4.78, 5) is 0. The number of benzene rings is 1. The van der Waals surface area contributed by atoms with Gasteiger partial charge in [0.2, 0.25) is 0 Å². The summed E-state index contributed by atoms with van der Waals surface area (Å²) < 4.78 is 1.78. The molecule has 0 heterocycles. The van der Waals surface area contributed by atoms with Gasteiger partial charge in [-0.05, 0) is 0 Å². The first-order chi connectivity index (χ1) is 10.3. The van der Waals surface area contributed by atoms with E-state index in [9.17, 15) is 0 Å². The third-order valence-electron chi connectivity index (χ3n) is 4.16. The number of nitrogens with zero attached hydrogens (tertiary/aromatic N) is 2. The lowest BCUT2D eigenvalue weighted by Crippen LogP contribution is -2.42. The standard InChI is InChI=1S/C18H34N2O2/c1-19(2,11-7-13-21)15-17-9-5-6-10-18(17)16-20(3,4)12-8-14-22/h5-6,9-10,21-22H,7-8,11-16H2,1-4H3/q+2. The minimum Gasteiger partial charge on any atom is -0.396 e. The highest BCUT2D eigenvalue weighted by molar-refractivity contribution is 5.25. The molecule has 0 aromatic heterocycles. The van der Waals surface area contributed by atoms with E-state index in [1.54, 1.807) is 0 Å². The van der Waals surface area contributed by atoms with Gasteiger partial charge in [-0.2, -0.15) is 0 Å². The quantitative estimate of drug-likeness (QED) is 0.645. The van der Waals surface area contributed by atoms with E-state index in [0.717, 1.165) is 48.0 Å². The van der Waals surface area contributed by atoms with Crippen molar-refractivity contribution in [1.82, 2.24) is 0 Å². The molecule has 1 aromatic rings. The molecule has 1 rings (SSSR count). The minimum atomic E-state index is 0.258. The molecule has 0 amide bonds. The molecule has 0 radical (unpaired) electrons. The molecule has 0 unspecified atom stereocenters. The van der Waals surface area contributed by atoms with Gasteiger partial charge in [0.05, 0.1) is 41.3 Å². The van der Waals surface area contributed by atoms with Crippen molar-refractivity contribution in [2.45, 2.75) is 25.9 Å². The molecule has 126 valence electrons. The van der Waals surface area contributed by atoms with Crippen molar-refractivity contribution in [3.8, 4) is 0 Å². The molecular weight excluding hydrogens is 276 g/mol. The van der Waals surface area contributed by atoms with Crippen LogP contribution in [0.3, 0.4) is 0 Å². The fourth-order valence-corrected chi connectivity index (χ4v) is 2.94. The van der Waals surface area contributed by atoms with Crippen LogP contribution < -0.4 is 0 Å². The molecular formula is C18H34N2O2+2. The maximum atomic E-state index is 9.05.